The summed E-state index contributed by atoms with van der Waals surface area (Å²) in [6.07, 6.45) is 3.54. The molecule has 0 atom stereocenters. The highest BCUT2D eigenvalue weighted by Crippen LogP contribution is 2.28. The van der Waals surface area contributed by atoms with Gasteiger partial charge >= 0.3 is 0 Å². The molecule has 1 heterocycles. The molecule has 1 fully saturated rings. The first-order chi connectivity index (χ1) is 13.8. The minimum atomic E-state index is -3.81. The molecule has 1 aliphatic rings. The summed E-state index contributed by atoms with van der Waals surface area (Å²) in [5, 5.41) is 13.4. The van der Waals surface area contributed by atoms with E-state index in [2.05, 4.69) is 5.32 Å². The molecule has 3 rings (SSSR count). The van der Waals surface area contributed by atoms with Crippen LogP contribution in [0.4, 0.5) is 11.4 Å². The monoisotopic (exact) mass is 437 g/mol. The van der Waals surface area contributed by atoms with E-state index in [1.165, 1.54) is 46.8 Å². The molecule has 2 aromatic carbocycles. The van der Waals surface area contributed by atoms with Crippen molar-refractivity contribution in [2.45, 2.75) is 30.6 Å². The van der Waals surface area contributed by atoms with Gasteiger partial charge in [0.2, 0.25) is 10.0 Å². The minimum absolute atomic E-state index is 0.0566. The molecular weight excluding hydrogens is 418 g/mol. The number of amides is 1. The molecule has 10 heteroatoms. The lowest BCUT2D eigenvalue weighted by molar-refractivity contribution is -0.384. The fourth-order valence-electron chi connectivity index (χ4n) is 3.13. The molecule has 154 valence electrons. The zero-order valence-electron chi connectivity index (χ0n) is 15.5. The van der Waals surface area contributed by atoms with Crippen LogP contribution in [0.15, 0.2) is 47.4 Å². The number of nitro groups is 1. The zero-order valence-corrected chi connectivity index (χ0v) is 17.1. The van der Waals surface area contributed by atoms with E-state index < -0.39 is 20.9 Å². The van der Waals surface area contributed by atoms with E-state index in [0.717, 1.165) is 25.7 Å². The number of nitrogens with zero attached hydrogens (tertiary/aromatic N) is 2. The lowest BCUT2D eigenvalue weighted by atomic mass is 10.2. The third-order valence-corrected chi connectivity index (χ3v) is 7.09. The van der Waals surface area contributed by atoms with Gasteiger partial charge in [-0.15, -0.1) is 0 Å². The van der Waals surface area contributed by atoms with Gasteiger partial charge in [0.05, 0.1) is 9.95 Å². The first-order valence-corrected chi connectivity index (χ1v) is 11.0. The molecule has 0 unspecified atom stereocenters. The van der Waals surface area contributed by atoms with E-state index in [-0.39, 0.29) is 21.2 Å². The number of nitro benzene ring substituents is 1. The Morgan fingerprint density at radius 3 is 2.24 bits per heavy atom. The van der Waals surface area contributed by atoms with E-state index in [1.54, 1.807) is 0 Å². The van der Waals surface area contributed by atoms with Crippen LogP contribution in [0, 0.1) is 10.1 Å². The van der Waals surface area contributed by atoms with Crippen molar-refractivity contribution in [3.63, 3.8) is 0 Å². The Hall–Kier alpha value is -2.49. The summed E-state index contributed by atoms with van der Waals surface area (Å²) < 4.78 is 27.5. The minimum Gasteiger partial charge on any atom is -0.322 e. The van der Waals surface area contributed by atoms with E-state index in [4.69, 9.17) is 11.6 Å². The lowest BCUT2D eigenvalue weighted by Crippen LogP contribution is -2.32. The van der Waals surface area contributed by atoms with Crippen molar-refractivity contribution < 1.29 is 18.1 Å². The molecule has 0 aliphatic carbocycles. The van der Waals surface area contributed by atoms with Gasteiger partial charge in [-0.3, -0.25) is 14.9 Å². The van der Waals surface area contributed by atoms with Crippen LogP contribution in [0.25, 0.3) is 0 Å². The van der Waals surface area contributed by atoms with Gasteiger partial charge in [-0.25, -0.2) is 8.42 Å². The molecule has 1 aliphatic heterocycles. The van der Waals surface area contributed by atoms with Gasteiger partial charge in [-0.2, -0.15) is 4.31 Å². The molecule has 0 spiro atoms. The molecule has 2 aromatic rings. The van der Waals surface area contributed by atoms with Crippen LogP contribution in [-0.2, 0) is 10.0 Å². The van der Waals surface area contributed by atoms with Crippen LogP contribution in [0.1, 0.15) is 36.0 Å². The third-order valence-electron chi connectivity index (χ3n) is 4.71. The molecule has 0 saturated carbocycles. The molecule has 8 nitrogen and oxygen atoms in total. The van der Waals surface area contributed by atoms with Crippen LogP contribution in [-0.4, -0.2) is 36.6 Å². The normalized spacial score (nSPS) is 15.5. The third kappa shape index (κ3) is 4.92. The highest BCUT2D eigenvalue weighted by molar-refractivity contribution is 7.89. The van der Waals surface area contributed by atoms with Crippen molar-refractivity contribution in [3.05, 3.63) is 63.2 Å². The summed E-state index contributed by atoms with van der Waals surface area (Å²) in [6, 6.07) is 9.44. The summed E-state index contributed by atoms with van der Waals surface area (Å²) in [7, 11) is -3.81. The van der Waals surface area contributed by atoms with E-state index >= 15 is 0 Å². The highest BCUT2D eigenvalue weighted by atomic mass is 35.5. The fourth-order valence-corrected chi connectivity index (χ4v) is 5.15. The van der Waals surface area contributed by atoms with Crippen LogP contribution in [0.2, 0.25) is 5.02 Å². The highest BCUT2D eigenvalue weighted by Gasteiger charge is 2.28. The van der Waals surface area contributed by atoms with Crippen LogP contribution >= 0.6 is 11.6 Å². The average Bonchev–Trinajstić information content (AvgIpc) is 2.98. The molecule has 1 amide bonds. The van der Waals surface area contributed by atoms with Crippen LogP contribution < -0.4 is 5.32 Å². The Morgan fingerprint density at radius 1 is 1.03 bits per heavy atom. The Balaban J connectivity index is 1.84. The maximum Gasteiger partial charge on any atom is 0.269 e. The number of sulfonamides is 1. The van der Waals surface area contributed by atoms with Gasteiger partial charge in [-0.1, -0.05) is 24.4 Å². The van der Waals surface area contributed by atoms with Gasteiger partial charge in [-0.05, 0) is 43.2 Å². The molecule has 0 bridgehead atoms. The predicted octanol–water partition coefficient (Wildman–Crippen LogP) is 4.07. The van der Waals surface area contributed by atoms with Crippen molar-refractivity contribution in [1.29, 1.82) is 0 Å². The summed E-state index contributed by atoms with van der Waals surface area (Å²) in [5.74, 6) is -0.539. The molecule has 1 N–H and O–H groups in total. The standard InChI is InChI=1S/C19H20ClN3O5S/c20-17-10-5-14(19(24)21-15-6-8-16(9-7-15)23(25)26)13-18(17)29(27,28)22-11-3-1-2-4-12-22/h5-10,13H,1-4,11-12H2,(H,21,24). The number of nitrogens with one attached hydrogen (secondary N) is 1. The van der Waals surface area contributed by atoms with E-state index in [9.17, 15) is 23.3 Å². The number of benzene rings is 2. The largest absolute Gasteiger partial charge is 0.322 e. The molecule has 0 aromatic heterocycles. The zero-order chi connectivity index (χ0) is 21.0. The number of halogens is 1. The van der Waals surface area contributed by atoms with Gasteiger partial charge < -0.3 is 5.32 Å². The fraction of sp³-hybridized carbons (Fsp3) is 0.316. The van der Waals surface area contributed by atoms with Crippen molar-refractivity contribution in [2.75, 3.05) is 18.4 Å². The number of carbonyl (C=O) groups excluding carboxylic acids is 1. The molecular formula is C19H20ClN3O5S. The number of hydrogen-bond acceptors (Lipinski definition) is 5. The first-order valence-electron chi connectivity index (χ1n) is 9.14. The number of carbonyl (C=O) groups is 1. The van der Waals surface area contributed by atoms with Crippen molar-refractivity contribution in [3.8, 4) is 0 Å². The summed E-state index contributed by atoms with van der Waals surface area (Å²) in [6.45, 7) is 0.857. The van der Waals surface area contributed by atoms with Gasteiger partial charge in [0, 0.05) is 36.5 Å². The first kappa shape index (κ1) is 21.2. The number of rotatable bonds is 5. The SMILES string of the molecule is O=C(Nc1ccc([N+](=O)[O-])cc1)c1ccc(Cl)c(S(=O)(=O)N2CCCCCC2)c1. The van der Waals surface area contributed by atoms with Gasteiger partial charge in [0.1, 0.15) is 4.90 Å². The Labute approximate surface area is 173 Å². The Morgan fingerprint density at radius 2 is 1.66 bits per heavy atom. The summed E-state index contributed by atoms with van der Waals surface area (Å²) >= 11 is 6.15. The van der Waals surface area contributed by atoms with Crippen LogP contribution in [0.3, 0.4) is 0 Å². The average molecular weight is 438 g/mol. The topological polar surface area (TPSA) is 110 Å². The second-order valence-electron chi connectivity index (χ2n) is 6.72. The second-order valence-corrected chi connectivity index (χ2v) is 9.04. The molecule has 1 saturated heterocycles. The maximum absolute atomic E-state index is 13.0. The van der Waals surface area contributed by atoms with Crippen molar-refractivity contribution in [1.82, 2.24) is 4.31 Å². The molecule has 29 heavy (non-hydrogen) atoms. The summed E-state index contributed by atoms with van der Waals surface area (Å²) in [5.41, 5.74) is 0.383. The van der Waals surface area contributed by atoms with Gasteiger partial charge in [0.15, 0.2) is 0 Å². The maximum atomic E-state index is 13.0. The number of non-ortho nitro benzene ring substituents is 1. The Bertz CT molecular complexity index is 1020. The number of anilines is 1. The van der Waals surface area contributed by atoms with E-state index in [0.29, 0.717) is 18.8 Å². The lowest BCUT2D eigenvalue weighted by Gasteiger charge is -2.21. The van der Waals surface area contributed by atoms with Gasteiger partial charge in [0.25, 0.3) is 11.6 Å². The van der Waals surface area contributed by atoms with Crippen LogP contribution in [0.5, 0.6) is 0 Å². The van der Waals surface area contributed by atoms with Crippen molar-refractivity contribution in [2.24, 2.45) is 0 Å². The predicted molar refractivity (Wildman–Crippen MR) is 110 cm³/mol. The smallest absolute Gasteiger partial charge is 0.269 e. The summed E-state index contributed by atoms with van der Waals surface area (Å²) in [4.78, 5) is 22.6. The second kappa shape index (κ2) is 8.89. The van der Waals surface area contributed by atoms with E-state index in [1.807, 2.05) is 0 Å². The van der Waals surface area contributed by atoms with Crippen molar-refractivity contribution >= 4 is 38.9 Å². The quantitative estimate of drug-likeness (QED) is 0.560. The number of hydrogen-bond donors (Lipinski definition) is 1. The molecule has 0 radical (unpaired) electrons. The Kier molecular flexibility index (Phi) is 6.51.